The van der Waals surface area contributed by atoms with Crippen molar-refractivity contribution in [2.45, 2.75) is 5.03 Å². The van der Waals surface area contributed by atoms with Crippen molar-refractivity contribution in [1.29, 1.82) is 0 Å². The van der Waals surface area contributed by atoms with Gasteiger partial charge in [0.05, 0.1) is 0 Å². The SMILES string of the molecule is O=S(=O)(O)c1c(-c2ccccc2)no[n+]1[O-]. The van der Waals surface area contributed by atoms with Gasteiger partial charge in [-0.3, -0.25) is 9.18 Å². The Kier molecular flexibility index (Phi) is 2.37. The van der Waals surface area contributed by atoms with E-state index in [-0.39, 0.29) is 10.6 Å². The van der Waals surface area contributed by atoms with Gasteiger partial charge in [0.25, 0.3) is 5.69 Å². The lowest BCUT2D eigenvalue weighted by Crippen LogP contribution is -2.30. The van der Waals surface area contributed by atoms with E-state index in [9.17, 15) is 13.6 Å². The van der Waals surface area contributed by atoms with Gasteiger partial charge in [0, 0.05) is 10.7 Å². The Balaban J connectivity index is 2.69. The molecule has 0 fully saturated rings. The van der Waals surface area contributed by atoms with E-state index >= 15 is 0 Å². The minimum atomic E-state index is -4.67. The Morgan fingerprint density at radius 3 is 2.50 bits per heavy atom. The summed E-state index contributed by atoms with van der Waals surface area (Å²) in [7, 11) is -4.67. The molecular formula is C8H6N2O5S. The molecule has 0 bridgehead atoms. The summed E-state index contributed by atoms with van der Waals surface area (Å²) < 4.78 is 34.9. The van der Waals surface area contributed by atoms with Crippen LogP contribution in [0.4, 0.5) is 0 Å². The van der Waals surface area contributed by atoms with E-state index in [0.717, 1.165) is 0 Å². The predicted molar refractivity (Wildman–Crippen MR) is 50.7 cm³/mol. The molecule has 0 saturated heterocycles. The molecule has 2 rings (SSSR count). The molecule has 1 aromatic carbocycles. The summed E-state index contributed by atoms with van der Waals surface area (Å²) in [5.74, 6) is 0. The molecule has 0 spiro atoms. The van der Waals surface area contributed by atoms with E-state index < -0.39 is 15.1 Å². The highest BCUT2D eigenvalue weighted by Gasteiger charge is 2.31. The number of nitrogens with zero attached hydrogens (tertiary/aromatic N) is 2. The van der Waals surface area contributed by atoms with E-state index in [1.54, 1.807) is 18.2 Å². The molecule has 1 aromatic heterocycles. The quantitative estimate of drug-likeness (QED) is 0.596. The molecular weight excluding hydrogens is 236 g/mol. The lowest BCUT2D eigenvalue weighted by molar-refractivity contribution is -0.832. The summed E-state index contributed by atoms with van der Waals surface area (Å²) >= 11 is 0. The highest BCUT2D eigenvalue weighted by Crippen LogP contribution is 2.21. The van der Waals surface area contributed by atoms with E-state index in [2.05, 4.69) is 9.79 Å². The molecule has 0 aliphatic carbocycles. The number of hydrogen-bond acceptors (Lipinski definition) is 5. The van der Waals surface area contributed by atoms with Crippen LogP contribution in [-0.4, -0.2) is 18.1 Å². The summed E-state index contributed by atoms with van der Waals surface area (Å²) in [6.07, 6.45) is 0. The number of rotatable bonds is 2. The van der Waals surface area contributed by atoms with Crippen LogP contribution in [0.3, 0.4) is 0 Å². The highest BCUT2D eigenvalue weighted by molar-refractivity contribution is 7.85. The molecule has 7 nitrogen and oxygen atoms in total. The van der Waals surface area contributed by atoms with Gasteiger partial charge in [-0.25, -0.2) is 0 Å². The van der Waals surface area contributed by atoms with Crippen molar-refractivity contribution in [1.82, 2.24) is 5.16 Å². The first-order chi connectivity index (χ1) is 7.50. The monoisotopic (exact) mass is 242 g/mol. The van der Waals surface area contributed by atoms with Crippen molar-refractivity contribution in [2.75, 3.05) is 0 Å². The highest BCUT2D eigenvalue weighted by atomic mass is 32.2. The molecule has 0 aliphatic heterocycles. The summed E-state index contributed by atoms with van der Waals surface area (Å²) in [6, 6.07) is 8.04. The average molecular weight is 242 g/mol. The van der Waals surface area contributed by atoms with Gasteiger partial charge in [0.2, 0.25) is 0 Å². The minimum absolute atomic E-state index is 0.224. The predicted octanol–water partition coefficient (Wildman–Crippen LogP) is 0.222. The largest absolute Gasteiger partial charge is 0.358 e. The van der Waals surface area contributed by atoms with Crippen LogP contribution in [0.1, 0.15) is 0 Å². The Bertz CT molecular complexity index is 605. The summed E-state index contributed by atoms with van der Waals surface area (Å²) in [4.78, 5) is -0.350. The van der Waals surface area contributed by atoms with Gasteiger partial charge in [-0.1, -0.05) is 30.3 Å². The third-order valence-corrected chi connectivity index (χ3v) is 2.70. The number of hydrogen-bond donors (Lipinski definition) is 1. The van der Waals surface area contributed by atoms with Crippen LogP contribution in [0, 0.1) is 5.21 Å². The first kappa shape index (κ1) is 10.6. The molecule has 0 unspecified atom stereocenters. The molecule has 1 heterocycles. The van der Waals surface area contributed by atoms with Gasteiger partial charge in [-0.2, -0.15) is 8.42 Å². The van der Waals surface area contributed by atoms with Gasteiger partial charge in [-0.15, -0.1) is 0 Å². The molecule has 0 amide bonds. The molecule has 84 valence electrons. The van der Waals surface area contributed by atoms with Crippen molar-refractivity contribution >= 4 is 10.1 Å². The van der Waals surface area contributed by atoms with E-state index in [0.29, 0.717) is 5.56 Å². The molecule has 2 aromatic rings. The van der Waals surface area contributed by atoms with Crippen LogP contribution in [0.25, 0.3) is 11.3 Å². The maximum Gasteiger partial charge on any atom is 0.343 e. The van der Waals surface area contributed by atoms with Gasteiger partial charge < -0.3 is 5.21 Å². The second kappa shape index (κ2) is 3.58. The molecule has 1 N–H and O–H groups in total. The second-order valence-corrected chi connectivity index (χ2v) is 4.26. The smallest absolute Gasteiger partial charge is 0.343 e. The van der Waals surface area contributed by atoms with Gasteiger partial charge >= 0.3 is 15.1 Å². The number of benzene rings is 1. The van der Waals surface area contributed by atoms with E-state index in [1.165, 1.54) is 12.1 Å². The minimum Gasteiger partial charge on any atom is -0.358 e. The Morgan fingerprint density at radius 2 is 1.94 bits per heavy atom. The normalized spacial score (nSPS) is 11.6. The zero-order chi connectivity index (χ0) is 11.8. The summed E-state index contributed by atoms with van der Waals surface area (Å²) in [5, 5.41) is 13.4. The topological polar surface area (TPSA) is 107 Å². The van der Waals surface area contributed by atoms with Crippen LogP contribution >= 0.6 is 0 Å². The molecule has 16 heavy (non-hydrogen) atoms. The second-order valence-electron chi connectivity index (χ2n) is 2.92. The fourth-order valence-electron chi connectivity index (χ4n) is 1.23. The fourth-order valence-corrected chi connectivity index (χ4v) is 1.85. The fraction of sp³-hybridized carbons (Fsp3) is 0. The van der Waals surface area contributed by atoms with Crippen molar-refractivity contribution in [3.63, 3.8) is 0 Å². The Morgan fingerprint density at radius 1 is 1.31 bits per heavy atom. The lowest BCUT2D eigenvalue weighted by atomic mass is 10.2. The standard InChI is InChI=1S/C8H6N2O5S/c11-10-8(16(12,13)14)7(9-15-10)6-4-2-1-3-5-6/h1-5H,(H,12,13,14). The molecule has 0 atom stereocenters. The average Bonchev–Trinajstić information content (AvgIpc) is 2.61. The third kappa shape index (κ3) is 1.75. The van der Waals surface area contributed by atoms with Gasteiger partial charge in [-0.05, 0) is 4.90 Å². The number of aromatic nitrogens is 2. The summed E-state index contributed by atoms with van der Waals surface area (Å²) in [5.41, 5.74) is 0.131. The first-order valence-corrected chi connectivity index (χ1v) is 5.57. The van der Waals surface area contributed by atoms with Crippen LogP contribution in [0.2, 0.25) is 0 Å². The van der Waals surface area contributed by atoms with Crippen LogP contribution in [0.5, 0.6) is 0 Å². The Hall–Kier alpha value is -1.93. The van der Waals surface area contributed by atoms with Crippen LogP contribution in [0.15, 0.2) is 40.0 Å². The third-order valence-electron chi connectivity index (χ3n) is 1.87. The molecule has 0 saturated carbocycles. The van der Waals surface area contributed by atoms with Crippen LogP contribution in [-0.2, 0) is 10.1 Å². The van der Waals surface area contributed by atoms with Gasteiger partial charge in [0.1, 0.15) is 0 Å². The summed E-state index contributed by atoms with van der Waals surface area (Å²) in [6.45, 7) is 0. The molecule has 8 heteroatoms. The lowest BCUT2D eigenvalue weighted by Gasteiger charge is -1.94. The molecule has 0 aliphatic rings. The van der Waals surface area contributed by atoms with E-state index in [4.69, 9.17) is 4.55 Å². The van der Waals surface area contributed by atoms with Crippen molar-refractivity contribution in [3.8, 4) is 11.3 Å². The zero-order valence-electron chi connectivity index (χ0n) is 7.77. The van der Waals surface area contributed by atoms with Crippen molar-refractivity contribution in [2.24, 2.45) is 0 Å². The first-order valence-electron chi connectivity index (χ1n) is 4.13. The van der Waals surface area contributed by atoms with Crippen molar-refractivity contribution in [3.05, 3.63) is 35.5 Å². The van der Waals surface area contributed by atoms with Gasteiger partial charge in [0.15, 0.2) is 0 Å². The van der Waals surface area contributed by atoms with Crippen LogP contribution < -0.4 is 4.90 Å². The Labute approximate surface area is 90.2 Å². The zero-order valence-corrected chi connectivity index (χ0v) is 8.59. The van der Waals surface area contributed by atoms with Crippen molar-refractivity contribution < 1.29 is 22.5 Å². The maximum absolute atomic E-state index is 11.0. The molecule has 0 radical (unpaired) electrons. The maximum atomic E-state index is 11.0. The van der Waals surface area contributed by atoms with E-state index in [1.807, 2.05) is 0 Å².